The summed E-state index contributed by atoms with van der Waals surface area (Å²) in [6.45, 7) is 1.52. The lowest BCUT2D eigenvalue weighted by Crippen LogP contribution is -2.29. The van der Waals surface area contributed by atoms with Crippen LogP contribution in [-0.2, 0) is 9.59 Å². The summed E-state index contributed by atoms with van der Waals surface area (Å²) in [6.07, 6.45) is 1.48. The molecule has 1 unspecified atom stereocenters. The zero-order valence-corrected chi connectivity index (χ0v) is 16.9. The largest absolute Gasteiger partial charge is 0.507 e. The highest BCUT2D eigenvalue weighted by molar-refractivity contribution is 6.51. The molecule has 31 heavy (non-hydrogen) atoms. The number of benzene rings is 2. The fraction of sp³-hybridized carbons (Fsp3) is 0.0870. The molecule has 1 fully saturated rings. The first kappa shape index (κ1) is 20.7. The minimum Gasteiger partial charge on any atom is -0.507 e. The van der Waals surface area contributed by atoms with Crippen LogP contribution in [0.4, 0.5) is 14.5 Å². The van der Waals surface area contributed by atoms with Gasteiger partial charge in [0.25, 0.3) is 11.7 Å². The Hall–Kier alpha value is -3.58. The molecule has 0 bridgehead atoms. The molecule has 1 N–H and O–H groups in total. The maximum atomic E-state index is 13.7. The Kier molecular flexibility index (Phi) is 5.29. The van der Waals surface area contributed by atoms with E-state index in [2.05, 4.69) is 4.98 Å². The Bertz CT molecular complexity index is 1240. The van der Waals surface area contributed by atoms with Gasteiger partial charge in [0.1, 0.15) is 23.4 Å². The van der Waals surface area contributed by atoms with Crippen molar-refractivity contribution < 1.29 is 23.5 Å². The van der Waals surface area contributed by atoms with E-state index in [1.807, 2.05) is 0 Å². The molecule has 2 aromatic carbocycles. The van der Waals surface area contributed by atoms with E-state index in [1.165, 1.54) is 37.4 Å². The number of hydrogen-bond donors (Lipinski definition) is 1. The van der Waals surface area contributed by atoms with Gasteiger partial charge in [-0.2, -0.15) is 0 Å². The normalized spacial score (nSPS) is 17.9. The van der Waals surface area contributed by atoms with Crippen molar-refractivity contribution in [2.75, 3.05) is 4.90 Å². The van der Waals surface area contributed by atoms with Crippen LogP contribution in [0.1, 0.15) is 22.9 Å². The third-order valence-electron chi connectivity index (χ3n) is 5.03. The number of ketones is 1. The summed E-state index contributed by atoms with van der Waals surface area (Å²) in [5.74, 6) is -3.50. The van der Waals surface area contributed by atoms with Gasteiger partial charge in [0.05, 0.1) is 16.3 Å². The predicted octanol–water partition coefficient (Wildman–Crippen LogP) is 4.95. The quantitative estimate of drug-likeness (QED) is 0.355. The Morgan fingerprint density at radius 3 is 2.45 bits per heavy atom. The number of nitrogens with zero attached hydrogens (tertiary/aromatic N) is 2. The second-order valence-electron chi connectivity index (χ2n) is 6.99. The maximum Gasteiger partial charge on any atom is 0.300 e. The van der Waals surface area contributed by atoms with Crippen molar-refractivity contribution in [2.45, 2.75) is 13.0 Å². The highest BCUT2D eigenvalue weighted by Crippen LogP contribution is 2.42. The number of aliphatic hydroxyl groups excluding tert-OH is 1. The smallest absolute Gasteiger partial charge is 0.300 e. The zero-order valence-electron chi connectivity index (χ0n) is 16.1. The van der Waals surface area contributed by atoms with Crippen LogP contribution in [0.25, 0.3) is 5.76 Å². The molecule has 4 rings (SSSR count). The number of aliphatic hydroxyl groups is 1. The number of pyridine rings is 1. The molecule has 1 aromatic heterocycles. The summed E-state index contributed by atoms with van der Waals surface area (Å²) in [5.41, 5.74) is 0.698. The summed E-state index contributed by atoms with van der Waals surface area (Å²) < 4.78 is 27.4. The van der Waals surface area contributed by atoms with Crippen LogP contribution in [-0.4, -0.2) is 21.8 Å². The van der Waals surface area contributed by atoms with Crippen LogP contribution in [0.3, 0.4) is 0 Å². The molecule has 8 heteroatoms. The van der Waals surface area contributed by atoms with E-state index < -0.39 is 35.1 Å². The zero-order chi connectivity index (χ0) is 22.3. The van der Waals surface area contributed by atoms with Gasteiger partial charge in [0.15, 0.2) is 0 Å². The molecule has 2 heterocycles. The summed E-state index contributed by atoms with van der Waals surface area (Å²) in [7, 11) is 0. The lowest BCUT2D eigenvalue weighted by Gasteiger charge is -2.24. The molecule has 0 spiro atoms. The number of carbonyl (C=O) groups is 2. The molecule has 5 nitrogen and oxygen atoms in total. The van der Waals surface area contributed by atoms with E-state index in [0.717, 1.165) is 17.0 Å². The SMILES string of the molecule is Cc1cc(/C(O)=C2\C(=O)C(=O)N(c3ccc(F)c(Cl)c3)C2c2ccccn2)ccc1F. The van der Waals surface area contributed by atoms with Gasteiger partial charge in [-0.3, -0.25) is 19.5 Å². The van der Waals surface area contributed by atoms with E-state index >= 15 is 0 Å². The molecular formula is C23H15ClF2N2O3. The van der Waals surface area contributed by atoms with Crippen molar-refractivity contribution in [2.24, 2.45) is 0 Å². The lowest BCUT2D eigenvalue weighted by atomic mass is 9.97. The van der Waals surface area contributed by atoms with E-state index in [0.29, 0.717) is 5.69 Å². The van der Waals surface area contributed by atoms with Crippen LogP contribution < -0.4 is 4.90 Å². The van der Waals surface area contributed by atoms with Crippen molar-refractivity contribution in [3.05, 3.63) is 99.8 Å². The van der Waals surface area contributed by atoms with E-state index in [-0.39, 0.29) is 27.4 Å². The Labute approximate surface area is 181 Å². The van der Waals surface area contributed by atoms with Gasteiger partial charge in [-0.05, 0) is 61.0 Å². The molecule has 156 valence electrons. The maximum absolute atomic E-state index is 13.7. The molecule has 0 saturated carbocycles. The van der Waals surface area contributed by atoms with E-state index in [4.69, 9.17) is 11.6 Å². The number of rotatable bonds is 3. The van der Waals surface area contributed by atoms with Crippen LogP contribution >= 0.6 is 11.6 Å². The summed E-state index contributed by atoms with van der Waals surface area (Å²) in [6, 6.07) is 11.3. The average molecular weight is 441 g/mol. The first-order chi connectivity index (χ1) is 14.8. The topological polar surface area (TPSA) is 70.5 Å². The van der Waals surface area contributed by atoms with Gasteiger partial charge in [0.2, 0.25) is 0 Å². The van der Waals surface area contributed by atoms with E-state index in [9.17, 15) is 23.5 Å². The molecule has 1 atom stereocenters. The van der Waals surface area contributed by atoms with Gasteiger partial charge in [-0.1, -0.05) is 17.7 Å². The second kappa shape index (κ2) is 7.92. The fourth-order valence-electron chi connectivity index (χ4n) is 3.50. The fourth-order valence-corrected chi connectivity index (χ4v) is 3.67. The van der Waals surface area contributed by atoms with Crippen molar-refractivity contribution in [1.82, 2.24) is 4.98 Å². The van der Waals surface area contributed by atoms with Gasteiger partial charge in [-0.15, -0.1) is 0 Å². The molecule has 1 aliphatic rings. The van der Waals surface area contributed by atoms with Crippen LogP contribution in [0, 0.1) is 18.6 Å². The number of anilines is 1. The molecule has 0 radical (unpaired) electrons. The second-order valence-corrected chi connectivity index (χ2v) is 7.39. The van der Waals surface area contributed by atoms with Gasteiger partial charge in [-0.25, -0.2) is 8.78 Å². The number of carbonyl (C=O) groups excluding carboxylic acids is 2. The summed E-state index contributed by atoms with van der Waals surface area (Å²) in [5, 5.41) is 10.7. The third-order valence-corrected chi connectivity index (χ3v) is 5.31. The van der Waals surface area contributed by atoms with Gasteiger partial charge >= 0.3 is 0 Å². The van der Waals surface area contributed by atoms with Crippen LogP contribution in [0.15, 0.2) is 66.4 Å². The average Bonchev–Trinajstić information content (AvgIpc) is 3.03. The number of halogens is 3. The predicted molar refractivity (Wildman–Crippen MR) is 112 cm³/mol. The monoisotopic (exact) mass is 440 g/mol. The first-order valence-electron chi connectivity index (χ1n) is 9.23. The number of Topliss-reactive ketones (excluding diaryl/α,β-unsaturated/α-hetero) is 1. The highest BCUT2D eigenvalue weighted by Gasteiger charge is 2.47. The van der Waals surface area contributed by atoms with Crippen molar-refractivity contribution in [3.63, 3.8) is 0 Å². The summed E-state index contributed by atoms with van der Waals surface area (Å²) >= 11 is 5.89. The molecule has 0 aliphatic carbocycles. The van der Waals surface area contributed by atoms with Gasteiger partial charge < -0.3 is 5.11 Å². The molecular weight excluding hydrogens is 426 g/mol. The molecule has 1 saturated heterocycles. The Morgan fingerprint density at radius 1 is 1.06 bits per heavy atom. The minimum absolute atomic E-state index is 0.165. The van der Waals surface area contributed by atoms with Crippen LogP contribution in [0.2, 0.25) is 5.02 Å². The molecule has 1 aliphatic heterocycles. The summed E-state index contributed by atoms with van der Waals surface area (Å²) in [4.78, 5) is 31.3. The third kappa shape index (κ3) is 3.57. The Morgan fingerprint density at radius 2 is 1.81 bits per heavy atom. The first-order valence-corrected chi connectivity index (χ1v) is 9.61. The van der Waals surface area contributed by atoms with Crippen molar-refractivity contribution >= 4 is 34.7 Å². The van der Waals surface area contributed by atoms with Gasteiger partial charge in [0, 0.05) is 17.4 Å². The van der Waals surface area contributed by atoms with E-state index in [1.54, 1.807) is 18.2 Å². The standard InChI is InChI=1S/C23H15ClF2N2O3/c1-12-10-13(5-7-16(12)25)21(29)19-20(18-4-2-3-9-27-18)28(23(31)22(19)30)14-6-8-17(26)15(24)11-14/h2-11,20,29H,1H3/b21-19+. The van der Waals surface area contributed by atoms with Crippen LogP contribution in [0.5, 0.6) is 0 Å². The number of aryl methyl sites for hydroxylation is 1. The molecule has 3 aromatic rings. The highest BCUT2D eigenvalue weighted by atomic mass is 35.5. The van der Waals surface area contributed by atoms with Crippen molar-refractivity contribution in [3.8, 4) is 0 Å². The lowest BCUT2D eigenvalue weighted by molar-refractivity contribution is -0.132. The Balaban J connectivity index is 1.95. The number of amides is 1. The molecule has 1 amide bonds. The number of aromatic nitrogens is 1. The number of hydrogen-bond acceptors (Lipinski definition) is 4. The minimum atomic E-state index is -1.09. The van der Waals surface area contributed by atoms with Crippen molar-refractivity contribution in [1.29, 1.82) is 0 Å².